The highest BCUT2D eigenvalue weighted by Crippen LogP contribution is 2.39. The maximum atomic E-state index is 12.9. The lowest BCUT2D eigenvalue weighted by atomic mass is 9.78. The molecule has 1 aliphatic rings. The minimum atomic E-state index is -2.79. The van der Waals surface area contributed by atoms with Gasteiger partial charge in [-0.1, -0.05) is 0 Å². The molecule has 5 heteroatoms. The Hall–Kier alpha value is -0.710. The number of halogens is 2. The van der Waals surface area contributed by atoms with E-state index < -0.39 is 17.8 Å². The SMILES string of the molecule is CC(C)(C)N1CCC(C(=O)O)(C(F)F)CC1. The van der Waals surface area contributed by atoms with Gasteiger partial charge in [0.1, 0.15) is 5.41 Å². The smallest absolute Gasteiger partial charge is 0.315 e. The van der Waals surface area contributed by atoms with Gasteiger partial charge in [-0.25, -0.2) is 8.78 Å². The number of piperidine rings is 1. The van der Waals surface area contributed by atoms with Crippen LogP contribution in [0.4, 0.5) is 8.78 Å². The summed E-state index contributed by atoms with van der Waals surface area (Å²) in [5.41, 5.74) is -1.92. The predicted octanol–water partition coefficient (Wildman–Crippen LogP) is 2.22. The highest BCUT2D eigenvalue weighted by atomic mass is 19.3. The van der Waals surface area contributed by atoms with Gasteiger partial charge in [0.25, 0.3) is 6.43 Å². The van der Waals surface area contributed by atoms with Crippen LogP contribution in [-0.2, 0) is 4.79 Å². The van der Waals surface area contributed by atoms with Gasteiger partial charge < -0.3 is 5.11 Å². The van der Waals surface area contributed by atoms with Gasteiger partial charge in [0.15, 0.2) is 0 Å². The third-order valence-electron chi connectivity index (χ3n) is 3.45. The number of nitrogens with zero attached hydrogens (tertiary/aromatic N) is 1. The molecule has 1 N–H and O–H groups in total. The normalized spacial score (nSPS) is 22.4. The Kier molecular flexibility index (Phi) is 3.57. The van der Waals surface area contributed by atoms with Crippen molar-refractivity contribution in [2.24, 2.45) is 5.41 Å². The maximum absolute atomic E-state index is 12.9. The van der Waals surface area contributed by atoms with E-state index in [9.17, 15) is 13.6 Å². The average Bonchev–Trinajstić information content (AvgIpc) is 2.15. The largest absolute Gasteiger partial charge is 0.481 e. The fraction of sp³-hybridized carbons (Fsp3) is 0.909. The van der Waals surface area contributed by atoms with E-state index in [1.165, 1.54) is 0 Å². The Balaban J connectivity index is 2.75. The first-order valence-electron chi connectivity index (χ1n) is 5.47. The van der Waals surface area contributed by atoms with E-state index in [-0.39, 0.29) is 18.4 Å². The summed E-state index contributed by atoms with van der Waals surface area (Å²) in [4.78, 5) is 13.0. The minimum absolute atomic E-state index is 0.0251. The fourth-order valence-electron chi connectivity index (χ4n) is 2.10. The molecule has 94 valence electrons. The van der Waals surface area contributed by atoms with Crippen molar-refractivity contribution < 1.29 is 18.7 Å². The predicted molar refractivity (Wildman–Crippen MR) is 56.6 cm³/mol. The van der Waals surface area contributed by atoms with Crippen molar-refractivity contribution in [2.75, 3.05) is 13.1 Å². The maximum Gasteiger partial charge on any atom is 0.315 e. The molecule has 0 atom stereocenters. The topological polar surface area (TPSA) is 40.5 Å². The van der Waals surface area contributed by atoms with Crippen LogP contribution in [-0.4, -0.2) is 41.0 Å². The molecule has 0 spiro atoms. The fourth-order valence-corrected chi connectivity index (χ4v) is 2.10. The van der Waals surface area contributed by atoms with Crippen LogP contribution in [0.15, 0.2) is 0 Å². The molecule has 0 unspecified atom stereocenters. The second-order valence-electron chi connectivity index (χ2n) is 5.42. The monoisotopic (exact) mass is 235 g/mol. The molecule has 0 radical (unpaired) electrons. The van der Waals surface area contributed by atoms with Crippen molar-refractivity contribution in [1.82, 2.24) is 4.90 Å². The molecular formula is C11H19F2NO2. The lowest BCUT2D eigenvalue weighted by Crippen LogP contribution is -2.53. The van der Waals surface area contributed by atoms with Crippen molar-refractivity contribution >= 4 is 5.97 Å². The Labute approximate surface area is 94.4 Å². The lowest BCUT2D eigenvalue weighted by Gasteiger charge is -2.44. The van der Waals surface area contributed by atoms with E-state index in [1.54, 1.807) is 0 Å². The second kappa shape index (κ2) is 4.28. The molecule has 0 aromatic heterocycles. The summed E-state index contributed by atoms with van der Waals surface area (Å²) in [6.45, 7) is 6.84. The van der Waals surface area contributed by atoms with E-state index in [4.69, 9.17) is 5.11 Å². The molecule has 1 rings (SSSR count). The third kappa shape index (κ3) is 2.34. The van der Waals surface area contributed by atoms with Crippen LogP contribution in [0.1, 0.15) is 33.6 Å². The van der Waals surface area contributed by atoms with E-state index >= 15 is 0 Å². The number of likely N-dealkylation sites (tertiary alicyclic amines) is 1. The summed E-state index contributed by atoms with van der Waals surface area (Å²) in [7, 11) is 0. The van der Waals surface area contributed by atoms with E-state index in [2.05, 4.69) is 4.90 Å². The van der Waals surface area contributed by atoms with E-state index in [1.807, 2.05) is 20.8 Å². The van der Waals surface area contributed by atoms with Gasteiger partial charge in [-0.15, -0.1) is 0 Å². The van der Waals surface area contributed by atoms with Crippen LogP contribution < -0.4 is 0 Å². The first-order valence-corrected chi connectivity index (χ1v) is 5.47. The molecule has 0 saturated carbocycles. The summed E-state index contributed by atoms with van der Waals surface area (Å²) >= 11 is 0. The van der Waals surface area contributed by atoms with Crippen molar-refractivity contribution in [3.63, 3.8) is 0 Å². The number of alkyl halides is 2. The molecule has 1 heterocycles. The lowest BCUT2D eigenvalue weighted by molar-refractivity contribution is -0.166. The van der Waals surface area contributed by atoms with E-state index in [0.29, 0.717) is 13.1 Å². The molecule has 1 saturated heterocycles. The van der Waals surface area contributed by atoms with Gasteiger partial charge in [-0.3, -0.25) is 9.69 Å². The third-order valence-corrected chi connectivity index (χ3v) is 3.45. The standard InChI is InChI=1S/C11H19F2NO2/c1-10(2,3)14-6-4-11(5-7-14,8(12)13)9(15)16/h8H,4-7H2,1-3H3,(H,15,16). The molecule has 1 aliphatic heterocycles. The van der Waals surface area contributed by atoms with Crippen molar-refractivity contribution in [3.05, 3.63) is 0 Å². The van der Waals surface area contributed by atoms with Gasteiger partial charge in [-0.2, -0.15) is 0 Å². The molecular weight excluding hydrogens is 216 g/mol. The van der Waals surface area contributed by atoms with Gasteiger partial charge in [0, 0.05) is 5.54 Å². The Morgan fingerprint density at radius 3 is 2.00 bits per heavy atom. The summed E-state index contributed by atoms with van der Waals surface area (Å²) in [6.07, 6.45) is -2.73. The van der Waals surface area contributed by atoms with Crippen LogP contribution in [0.2, 0.25) is 0 Å². The number of carboxylic acids is 1. The molecule has 0 amide bonds. The van der Waals surface area contributed by atoms with E-state index in [0.717, 1.165) is 0 Å². The molecule has 0 bridgehead atoms. The first kappa shape index (κ1) is 13.4. The van der Waals surface area contributed by atoms with Gasteiger partial charge >= 0.3 is 5.97 Å². The first-order chi connectivity index (χ1) is 7.20. The molecule has 0 aromatic carbocycles. The quantitative estimate of drug-likeness (QED) is 0.797. The molecule has 3 nitrogen and oxygen atoms in total. The molecule has 0 aromatic rings. The molecule has 0 aliphatic carbocycles. The highest BCUT2D eigenvalue weighted by molar-refractivity contribution is 5.75. The van der Waals surface area contributed by atoms with Gasteiger partial charge in [0.2, 0.25) is 0 Å². The van der Waals surface area contributed by atoms with Crippen LogP contribution in [0, 0.1) is 5.41 Å². The van der Waals surface area contributed by atoms with Crippen LogP contribution >= 0.6 is 0 Å². The Morgan fingerprint density at radius 1 is 1.31 bits per heavy atom. The number of carboxylic acid groups (broad SMARTS) is 1. The van der Waals surface area contributed by atoms with Gasteiger partial charge in [-0.05, 0) is 46.7 Å². The van der Waals surface area contributed by atoms with Gasteiger partial charge in [0.05, 0.1) is 0 Å². The average molecular weight is 235 g/mol. The number of aliphatic carboxylic acids is 1. The number of hydrogen-bond acceptors (Lipinski definition) is 2. The zero-order valence-electron chi connectivity index (χ0n) is 9.96. The zero-order chi connectivity index (χ0) is 12.6. The molecule has 1 fully saturated rings. The summed E-state index contributed by atoms with van der Waals surface area (Å²) in [5.74, 6) is -1.36. The Morgan fingerprint density at radius 2 is 1.75 bits per heavy atom. The Bertz CT molecular complexity index is 266. The number of hydrogen-bond donors (Lipinski definition) is 1. The molecule has 16 heavy (non-hydrogen) atoms. The van der Waals surface area contributed by atoms with Crippen LogP contribution in [0.3, 0.4) is 0 Å². The summed E-state index contributed by atoms with van der Waals surface area (Å²) in [6, 6.07) is 0. The van der Waals surface area contributed by atoms with Crippen molar-refractivity contribution in [2.45, 2.75) is 45.6 Å². The zero-order valence-corrected chi connectivity index (χ0v) is 9.96. The minimum Gasteiger partial charge on any atom is -0.481 e. The summed E-state index contributed by atoms with van der Waals surface area (Å²) < 4.78 is 25.7. The number of carbonyl (C=O) groups is 1. The van der Waals surface area contributed by atoms with Crippen molar-refractivity contribution in [3.8, 4) is 0 Å². The second-order valence-corrected chi connectivity index (χ2v) is 5.42. The van der Waals surface area contributed by atoms with Crippen molar-refractivity contribution in [1.29, 1.82) is 0 Å². The summed E-state index contributed by atoms with van der Waals surface area (Å²) in [5, 5.41) is 8.95. The van der Waals surface area contributed by atoms with Crippen LogP contribution in [0.5, 0.6) is 0 Å². The van der Waals surface area contributed by atoms with Crippen LogP contribution in [0.25, 0.3) is 0 Å². The number of rotatable bonds is 2. The highest BCUT2D eigenvalue weighted by Gasteiger charge is 2.50.